The van der Waals surface area contributed by atoms with Crippen LogP contribution >= 0.6 is 0 Å². The Morgan fingerprint density at radius 1 is 1.19 bits per heavy atom. The second-order valence-corrected chi connectivity index (χ2v) is 7.68. The Bertz CT molecular complexity index is 827. The third-order valence-corrected chi connectivity index (χ3v) is 5.79. The molecule has 2 unspecified atom stereocenters. The van der Waals surface area contributed by atoms with Gasteiger partial charge in [0.2, 0.25) is 5.91 Å². The quantitative estimate of drug-likeness (QED) is 0.904. The Labute approximate surface area is 159 Å². The minimum absolute atomic E-state index is 0.00701. The van der Waals surface area contributed by atoms with Crippen molar-refractivity contribution in [2.75, 3.05) is 4.90 Å². The number of hydrogen-bond donors (Lipinski definition) is 1. The van der Waals surface area contributed by atoms with Crippen LogP contribution in [0, 0.1) is 5.92 Å². The third kappa shape index (κ3) is 3.75. The molecule has 142 valence electrons. The number of carbonyl (C=O) groups excluding carboxylic acids is 2. The SMILES string of the molecule is CC1CCCCC1NC(=O)c1ccc(CN2C(=O)CCn3nccc32)cc1. The normalized spacial score (nSPS) is 22.4. The number of nitrogens with zero attached hydrogens (tertiary/aromatic N) is 3. The van der Waals surface area contributed by atoms with Crippen LogP contribution in [-0.4, -0.2) is 27.6 Å². The van der Waals surface area contributed by atoms with E-state index < -0.39 is 0 Å². The molecule has 6 heteroatoms. The van der Waals surface area contributed by atoms with Gasteiger partial charge < -0.3 is 5.32 Å². The lowest BCUT2D eigenvalue weighted by Gasteiger charge is -2.29. The first-order valence-corrected chi connectivity index (χ1v) is 9.84. The lowest BCUT2D eigenvalue weighted by molar-refractivity contribution is -0.119. The summed E-state index contributed by atoms with van der Waals surface area (Å²) in [5.41, 5.74) is 1.67. The maximum atomic E-state index is 12.6. The molecule has 1 aliphatic carbocycles. The van der Waals surface area contributed by atoms with Crippen molar-refractivity contribution in [2.24, 2.45) is 5.92 Å². The molecule has 2 heterocycles. The molecular formula is C21H26N4O2. The van der Waals surface area contributed by atoms with Gasteiger partial charge in [0.25, 0.3) is 5.91 Å². The Balaban J connectivity index is 1.42. The van der Waals surface area contributed by atoms with Crippen LogP contribution in [0.5, 0.6) is 0 Å². The van der Waals surface area contributed by atoms with Crippen molar-refractivity contribution in [1.29, 1.82) is 0 Å². The summed E-state index contributed by atoms with van der Waals surface area (Å²) in [6, 6.07) is 9.71. The molecule has 2 aromatic rings. The van der Waals surface area contributed by atoms with E-state index in [4.69, 9.17) is 0 Å². The predicted octanol–water partition coefficient (Wildman–Crippen LogP) is 3.13. The average Bonchev–Trinajstić information content (AvgIpc) is 3.15. The number of rotatable bonds is 4. The molecule has 1 saturated carbocycles. The van der Waals surface area contributed by atoms with E-state index in [1.165, 1.54) is 19.3 Å². The number of aryl methyl sites for hydroxylation is 1. The van der Waals surface area contributed by atoms with E-state index in [0.29, 0.717) is 31.0 Å². The maximum absolute atomic E-state index is 12.6. The molecule has 1 aliphatic heterocycles. The molecule has 6 nitrogen and oxygen atoms in total. The van der Waals surface area contributed by atoms with E-state index >= 15 is 0 Å². The number of benzene rings is 1. The van der Waals surface area contributed by atoms with E-state index in [0.717, 1.165) is 17.8 Å². The van der Waals surface area contributed by atoms with Crippen molar-refractivity contribution in [1.82, 2.24) is 15.1 Å². The third-order valence-electron chi connectivity index (χ3n) is 5.79. The summed E-state index contributed by atoms with van der Waals surface area (Å²) in [6.07, 6.45) is 6.89. The molecule has 1 fully saturated rings. The zero-order chi connectivity index (χ0) is 18.8. The zero-order valence-electron chi connectivity index (χ0n) is 15.7. The molecule has 0 spiro atoms. The number of nitrogens with one attached hydrogen (secondary N) is 1. The van der Waals surface area contributed by atoms with Crippen LogP contribution in [0.15, 0.2) is 36.5 Å². The lowest BCUT2D eigenvalue weighted by atomic mass is 9.86. The van der Waals surface area contributed by atoms with Gasteiger partial charge in [-0.05, 0) is 36.5 Å². The van der Waals surface area contributed by atoms with Gasteiger partial charge in [0.05, 0.1) is 19.3 Å². The van der Waals surface area contributed by atoms with Gasteiger partial charge in [-0.15, -0.1) is 0 Å². The highest BCUT2D eigenvalue weighted by atomic mass is 16.2. The minimum Gasteiger partial charge on any atom is -0.349 e. The molecule has 1 aromatic heterocycles. The number of hydrogen-bond acceptors (Lipinski definition) is 3. The van der Waals surface area contributed by atoms with Crippen molar-refractivity contribution < 1.29 is 9.59 Å². The first-order valence-electron chi connectivity index (χ1n) is 9.84. The molecule has 2 aliphatic rings. The molecule has 2 atom stereocenters. The van der Waals surface area contributed by atoms with Crippen LogP contribution < -0.4 is 10.2 Å². The second kappa shape index (κ2) is 7.55. The molecule has 1 N–H and O–H groups in total. The van der Waals surface area contributed by atoms with Crippen LogP contribution in [0.2, 0.25) is 0 Å². The predicted molar refractivity (Wildman–Crippen MR) is 103 cm³/mol. The van der Waals surface area contributed by atoms with E-state index in [-0.39, 0.29) is 17.9 Å². The van der Waals surface area contributed by atoms with Gasteiger partial charge in [0.15, 0.2) is 0 Å². The van der Waals surface area contributed by atoms with Gasteiger partial charge in [0.1, 0.15) is 5.82 Å². The van der Waals surface area contributed by atoms with Crippen molar-refractivity contribution in [2.45, 2.75) is 58.2 Å². The standard InChI is InChI=1S/C21H26N4O2/c1-15-4-2-3-5-18(15)23-21(27)17-8-6-16(7-9-17)14-24-19-10-12-22-25(19)13-11-20(24)26/h6-10,12,15,18H,2-5,11,13-14H2,1H3,(H,23,27). The first kappa shape index (κ1) is 17.8. The fourth-order valence-corrected chi connectivity index (χ4v) is 4.09. The van der Waals surface area contributed by atoms with Crippen LogP contribution in [-0.2, 0) is 17.9 Å². The van der Waals surface area contributed by atoms with Crippen molar-refractivity contribution in [3.63, 3.8) is 0 Å². The number of amides is 2. The highest BCUT2D eigenvalue weighted by molar-refractivity contribution is 5.95. The van der Waals surface area contributed by atoms with Crippen LogP contribution in [0.1, 0.15) is 54.9 Å². The second-order valence-electron chi connectivity index (χ2n) is 7.68. The molecule has 1 aromatic carbocycles. The molecule has 2 amide bonds. The van der Waals surface area contributed by atoms with Gasteiger partial charge in [0, 0.05) is 24.1 Å². The molecule has 0 radical (unpaired) electrons. The van der Waals surface area contributed by atoms with Gasteiger partial charge in [-0.2, -0.15) is 5.10 Å². The van der Waals surface area contributed by atoms with Crippen molar-refractivity contribution in [3.05, 3.63) is 47.7 Å². The van der Waals surface area contributed by atoms with E-state index in [1.54, 1.807) is 11.1 Å². The van der Waals surface area contributed by atoms with Crippen molar-refractivity contribution in [3.8, 4) is 0 Å². The smallest absolute Gasteiger partial charge is 0.251 e. The van der Waals surface area contributed by atoms with E-state index in [9.17, 15) is 9.59 Å². The fraction of sp³-hybridized carbons (Fsp3) is 0.476. The van der Waals surface area contributed by atoms with Gasteiger partial charge in [-0.1, -0.05) is 31.9 Å². The zero-order valence-corrected chi connectivity index (χ0v) is 15.7. The van der Waals surface area contributed by atoms with E-state index in [1.807, 2.05) is 35.0 Å². The average molecular weight is 366 g/mol. The van der Waals surface area contributed by atoms with E-state index in [2.05, 4.69) is 17.3 Å². The molecule has 0 bridgehead atoms. The highest BCUT2D eigenvalue weighted by Crippen LogP contribution is 2.25. The number of aromatic nitrogens is 2. The monoisotopic (exact) mass is 366 g/mol. The van der Waals surface area contributed by atoms with Crippen LogP contribution in [0.25, 0.3) is 0 Å². The summed E-state index contributed by atoms with van der Waals surface area (Å²) in [5.74, 6) is 1.47. The fourth-order valence-electron chi connectivity index (χ4n) is 4.09. The molecule has 27 heavy (non-hydrogen) atoms. The van der Waals surface area contributed by atoms with Gasteiger partial charge in [-0.25, -0.2) is 4.68 Å². The maximum Gasteiger partial charge on any atom is 0.251 e. The van der Waals surface area contributed by atoms with Crippen LogP contribution in [0.3, 0.4) is 0 Å². The summed E-state index contributed by atoms with van der Waals surface area (Å²) in [7, 11) is 0. The minimum atomic E-state index is -0.00701. The number of carbonyl (C=O) groups is 2. The number of fused-ring (bicyclic) bond motifs is 1. The molecule has 0 saturated heterocycles. The Morgan fingerprint density at radius 3 is 2.74 bits per heavy atom. The first-order chi connectivity index (χ1) is 13.1. The van der Waals surface area contributed by atoms with Gasteiger partial charge >= 0.3 is 0 Å². The topological polar surface area (TPSA) is 67.2 Å². The molecule has 4 rings (SSSR count). The summed E-state index contributed by atoms with van der Waals surface area (Å²) in [5, 5.41) is 7.44. The van der Waals surface area contributed by atoms with Crippen molar-refractivity contribution >= 4 is 17.6 Å². The Morgan fingerprint density at radius 2 is 1.96 bits per heavy atom. The number of anilines is 1. The largest absolute Gasteiger partial charge is 0.349 e. The van der Waals surface area contributed by atoms with Crippen LogP contribution in [0.4, 0.5) is 5.82 Å². The van der Waals surface area contributed by atoms with Gasteiger partial charge in [-0.3, -0.25) is 14.5 Å². The molecular weight excluding hydrogens is 340 g/mol. The Kier molecular flexibility index (Phi) is 4.97. The summed E-state index contributed by atoms with van der Waals surface area (Å²) in [6.45, 7) is 3.34. The Hall–Kier alpha value is -2.63. The highest BCUT2D eigenvalue weighted by Gasteiger charge is 2.25. The lowest BCUT2D eigenvalue weighted by Crippen LogP contribution is -2.41. The summed E-state index contributed by atoms with van der Waals surface area (Å²) in [4.78, 5) is 26.6. The summed E-state index contributed by atoms with van der Waals surface area (Å²) < 4.78 is 1.86. The summed E-state index contributed by atoms with van der Waals surface area (Å²) >= 11 is 0.